The average molecular weight is 625 g/mol. The molecule has 0 atom stereocenters. The fourth-order valence-electron chi connectivity index (χ4n) is 7.50. The Kier molecular flexibility index (Phi) is 6.15. The Labute approximate surface area is 282 Å². The lowest BCUT2D eigenvalue weighted by molar-refractivity contribution is 1.22. The van der Waals surface area contributed by atoms with Gasteiger partial charge in [0.2, 0.25) is 0 Å². The van der Waals surface area contributed by atoms with Gasteiger partial charge in [-0.15, -0.1) is 0 Å². The molecule has 0 radical (unpaired) electrons. The molecule has 0 saturated carbocycles. The Hall–Kier alpha value is -6.65. The highest BCUT2D eigenvalue weighted by Crippen LogP contribution is 2.45. The molecule has 228 valence electrons. The molecule has 0 amide bonds. The van der Waals surface area contributed by atoms with Crippen LogP contribution >= 0.6 is 0 Å². The Morgan fingerprint density at radius 3 is 1.78 bits per heavy atom. The van der Waals surface area contributed by atoms with Crippen LogP contribution in [0.15, 0.2) is 170 Å². The summed E-state index contributed by atoms with van der Waals surface area (Å²) in [6.45, 7) is 0. The van der Waals surface area contributed by atoms with Crippen LogP contribution in [0.25, 0.3) is 93.8 Å². The number of imidazole rings is 1. The third kappa shape index (κ3) is 4.35. The Balaban J connectivity index is 1.26. The van der Waals surface area contributed by atoms with Crippen molar-refractivity contribution >= 4 is 49.1 Å². The van der Waals surface area contributed by atoms with Crippen molar-refractivity contribution < 1.29 is 0 Å². The van der Waals surface area contributed by atoms with Crippen molar-refractivity contribution in [1.82, 2.24) is 19.4 Å². The van der Waals surface area contributed by atoms with Crippen LogP contribution in [-0.2, 0) is 0 Å². The van der Waals surface area contributed by atoms with Crippen LogP contribution in [0, 0.1) is 0 Å². The van der Waals surface area contributed by atoms with E-state index in [-0.39, 0.29) is 0 Å². The van der Waals surface area contributed by atoms with Crippen molar-refractivity contribution in [1.29, 1.82) is 0 Å². The Bertz CT molecular complexity index is 2820. The zero-order valence-corrected chi connectivity index (χ0v) is 26.5. The molecule has 0 fully saturated rings. The molecule has 0 saturated heterocycles. The summed E-state index contributed by atoms with van der Waals surface area (Å²) in [7, 11) is 0. The molecule has 0 N–H and O–H groups in total. The molecule has 0 unspecified atom stereocenters. The third-order valence-corrected chi connectivity index (χ3v) is 9.65. The number of benzene rings is 6. The average Bonchev–Trinajstić information content (AvgIpc) is 3.57. The molecule has 4 aromatic heterocycles. The van der Waals surface area contributed by atoms with Gasteiger partial charge < -0.3 is 0 Å². The van der Waals surface area contributed by atoms with E-state index in [4.69, 9.17) is 9.97 Å². The zero-order chi connectivity index (χ0) is 32.3. The maximum atomic E-state index is 5.28. The van der Waals surface area contributed by atoms with E-state index in [0.29, 0.717) is 0 Å². The summed E-state index contributed by atoms with van der Waals surface area (Å²) in [5.74, 6) is 0. The monoisotopic (exact) mass is 624 g/mol. The van der Waals surface area contributed by atoms with Gasteiger partial charge in [0.05, 0.1) is 16.7 Å². The number of hydrogen-bond donors (Lipinski definition) is 0. The molecule has 0 aliphatic carbocycles. The molecule has 0 aliphatic rings. The maximum Gasteiger partial charge on any atom is 0.137 e. The van der Waals surface area contributed by atoms with E-state index in [2.05, 4.69) is 149 Å². The first-order valence-electron chi connectivity index (χ1n) is 16.5. The molecular formula is C45H28N4. The largest absolute Gasteiger partial charge is 0.298 e. The van der Waals surface area contributed by atoms with E-state index in [1.807, 2.05) is 30.6 Å². The van der Waals surface area contributed by atoms with Gasteiger partial charge in [0, 0.05) is 35.1 Å². The van der Waals surface area contributed by atoms with Crippen LogP contribution in [0.1, 0.15) is 0 Å². The lowest BCUT2D eigenvalue weighted by Crippen LogP contribution is -1.94. The smallest absolute Gasteiger partial charge is 0.137 e. The predicted octanol–water partition coefficient (Wildman–Crippen LogP) is 11.4. The number of rotatable bonds is 4. The quantitative estimate of drug-likeness (QED) is 0.183. The fourth-order valence-corrected chi connectivity index (χ4v) is 7.50. The number of fused-ring (bicyclic) bond motifs is 7. The van der Waals surface area contributed by atoms with Crippen LogP contribution in [0.5, 0.6) is 0 Å². The Morgan fingerprint density at radius 1 is 0.429 bits per heavy atom. The lowest BCUT2D eigenvalue weighted by Gasteiger charge is -2.18. The molecule has 4 nitrogen and oxygen atoms in total. The standard InChI is InChI=1S/C45H28N4/c1-2-12-29(13-3-1)43-45-44(48-40-21-8-9-25-49(40)45)38-27-32(22-23-39(38)47-43)42-36-19-6-4-17-34(36)41(35-18-5-7-20-37(35)42)31-15-10-14-30(26-31)33-16-11-24-46-28-33/h1-28H. The van der Waals surface area contributed by atoms with E-state index in [9.17, 15) is 0 Å². The SMILES string of the molecule is c1ccc(-c2nc3ccc(-c4c5ccccc5c(-c5cccc(-c6cccnc6)c5)c5ccccc45)cc3c3nc4ccccn4c23)cc1. The third-order valence-electron chi connectivity index (χ3n) is 9.65. The van der Waals surface area contributed by atoms with Crippen LogP contribution in [0.2, 0.25) is 0 Å². The summed E-state index contributed by atoms with van der Waals surface area (Å²) in [5, 5.41) is 5.90. The van der Waals surface area contributed by atoms with Gasteiger partial charge in [0.25, 0.3) is 0 Å². The fraction of sp³-hybridized carbons (Fsp3) is 0. The van der Waals surface area contributed by atoms with Gasteiger partial charge in [-0.1, -0.05) is 115 Å². The highest BCUT2D eigenvalue weighted by molar-refractivity contribution is 6.22. The maximum absolute atomic E-state index is 5.28. The lowest BCUT2D eigenvalue weighted by atomic mass is 9.85. The topological polar surface area (TPSA) is 43.1 Å². The van der Waals surface area contributed by atoms with Crippen molar-refractivity contribution in [3.8, 4) is 44.6 Å². The minimum Gasteiger partial charge on any atom is -0.298 e. The first-order valence-corrected chi connectivity index (χ1v) is 16.5. The number of pyridine rings is 3. The van der Waals surface area contributed by atoms with E-state index in [1.54, 1.807) is 0 Å². The number of aromatic nitrogens is 4. The molecular weight excluding hydrogens is 597 g/mol. The summed E-state index contributed by atoms with van der Waals surface area (Å²) in [5.41, 5.74) is 12.8. The summed E-state index contributed by atoms with van der Waals surface area (Å²) >= 11 is 0. The second-order valence-electron chi connectivity index (χ2n) is 12.5. The van der Waals surface area contributed by atoms with Gasteiger partial charge >= 0.3 is 0 Å². The Morgan fingerprint density at radius 2 is 1.06 bits per heavy atom. The first-order chi connectivity index (χ1) is 24.3. The zero-order valence-electron chi connectivity index (χ0n) is 26.5. The highest BCUT2D eigenvalue weighted by atomic mass is 15.0. The number of nitrogens with zero attached hydrogens (tertiary/aromatic N) is 4. The summed E-state index contributed by atoms with van der Waals surface area (Å²) in [6, 6.07) is 53.8. The molecule has 0 bridgehead atoms. The highest BCUT2D eigenvalue weighted by Gasteiger charge is 2.20. The van der Waals surface area contributed by atoms with Gasteiger partial charge in [-0.05, 0) is 85.8 Å². The summed E-state index contributed by atoms with van der Waals surface area (Å²) in [6.07, 6.45) is 5.82. The van der Waals surface area contributed by atoms with Crippen molar-refractivity contribution in [3.63, 3.8) is 0 Å². The number of hydrogen-bond acceptors (Lipinski definition) is 3. The first kappa shape index (κ1) is 27.5. The molecule has 4 heterocycles. The van der Waals surface area contributed by atoms with Crippen LogP contribution in [0.3, 0.4) is 0 Å². The van der Waals surface area contributed by atoms with E-state index >= 15 is 0 Å². The molecule has 4 heteroatoms. The van der Waals surface area contributed by atoms with Crippen molar-refractivity contribution in [2.45, 2.75) is 0 Å². The van der Waals surface area contributed by atoms with Gasteiger partial charge in [0.1, 0.15) is 11.2 Å². The predicted molar refractivity (Wildman–Crippen MR) is 203 cm³/mol. The summed E-state index contributed by atoms with van der Waals surface area (Å²) in [4.78, 5) is 14.8. The van der Waals surface area contributed by atoms with Crippen LogP contribution < -0.4 is 0 Å². The molecule has 6 aromatic carbocycles. The van der Waals surface area contributed by atoms with E-state index in [1.165, 1.54) is 38.2 Å². The minimum atomic E-state index is 0.906. The molecule has 10 rings (SSSR count). The van der Waals surface area contributed by atoms with Crippen molar-refractivity contribution in [2.75, 3.05) is 0 Å². The van der Waals surface area contributed by atoms with Crippen molar-refractivity contribution in [3.05, 3.63) is 170 Å². The minimum absolute atomic E-state index is 0.906. The molecule has 0 spiro atoms. The van der Waals surface area contributed by atoms with Crippen LogP contribution in [-0.4, -0.2) is 19.4 Å². The second kappa shape index (κ2) is 11.0. The molecule has 10 aromatic rings. The van der Waals surface area contributed by atoms with Crippen molar-refractivity contribution in [2.24, 2.45) is 0 Å². The molecule has 49 heavy (non-hydrogen) atoms. The summed E-state index contributed by atoms with van der Waals surface area (Å²) < 4.78 is 2.16. The second-order valence-corrected chi connectivity index (χ2v) is 12.5. The normalized spacial score (nSPS) is 11.7. The van der Waals surface area contributed by atoms with Gasteiger partial charge in [-0.3, -0.25) is 9.38 Å². The van der Waals surface area contributed by atoms with Gasteiger partial charge in [-0.25, -0.2) is 9.97 Å². The van der Waals surface area contributed by atoms with Gasteiger partial charge in [-0.2, -0.15) is 0 Å². The van der Waals surface area contributed by atoms with Gasteiger partial charge in [0.15, 0.2) is 0 Å². The van der Waals surface area contributed by atoms with Crippen LogP contribution in [0.4, 0.5) is 0 Å². The molecule has 0 aliphatic heterocycles. The van der Waals surface area contributed by atoms with E-state index in [0.717, 1.165) is 55.5 Å². The van der Waals surface area contributed by atoms with E-state index < -0.39 is 0 Å².